The van der Waals surface area contributed by atoms with Crippen LogP contribution in [0.15, 0.2) is 18.2 Å². The first-order valence-electron chi connectivity index (χ1n) is 6.46. The normalized spacial score (nSPS) is 12.9. The Labute approximate surface area is 112 Å². The summed E-state index contributed by atoms with van der Waals surface area (Å²) in [6.45, 7) is 4.83. The molecule has 1 aromatic rings. The van der Waals surface area contributed by atoms with E-state index < -0.39 is 17.9 Å². The summed E-state index contributed by atoms with van der Waals surface area (Å²) in [5, 5.41) is 3.09. The maximum Gasteiger partial charge on any atom is 0.172 e. The summed E-state index contributed by atoms with van der Waals surface area (Å²) < 4.78 is 37.1. The number of nitrogens with one attached hydrogen (secondary N) is 1. The van der Waals surface area contributed by atoms with E-state index in [-0.39, 0.29) is 6.04 Å². The minimum Gasteiger partial charge on any atom is -0.351 e. The summed E-state index contributed by atoms with van der Waals surface area (Å²) in [4.78, 5) is 0. The van der Waals surface area contributed by atoms with Crippen molar-refractivity contribution in [2.45, 2.75) is 32.6 Å². The van der Waals surface area contributed by atoms with Gasteiger partial charge >= 0.3 is 0 Å². The molecule has 5 heteroatoms. The lowest BCUT2D eigenvalue weighted by Crippen LogP contribution is -2.43. The molecule has 0 aliphatic heterocycles. The summed E-state index contributed by atoms with van der Waals surface area (Å²) in [5.74, 6) is -1.67. The third-order valence-electron chi connectivity index (χ3n) is 2.80. The van der Waals surface area contributed by atoms with Gasteiger partial charge in [-0.25, -0.2) is 8.78 Å². The number of hydrogen-bond donors (Lipinski definition) is 1. The smallest absolute Gasteiger partial charge is 0.172 e. The van der Waals surface area contributed by atoms with E-state index in [1.807, 2.05) is 13.8 Å². The van der Waals surface area contributed by atoms with Gasteiger partial charge in [-0.3, -0.25) is 0 Å². The Morgan fingerprint density at radius 2 is 1.74 bits per heavy atom. The van der Waals surface area contributed by atoms with E-state index in [9.17, 15) is 8.78 Å². The number of hydrogen-bond acceptors (Lipinski definition) is 3. The zero-order chi connectivity index (χ0) is 14.3. The molecule has 0 spiro atoms. The molecule has 0 radical (unpaired) electrons. The number of rotatable bonds is 8. The van der Waals surface area contributed by atoms with Gasteiger partial charge in [-0.2, -0.15) is 0 Å². The molecular weight excluding hydrogens is 252 g/mol. The van der Waals surface area contributed by atoms with Crippen LogP contribution >= 0.6 is 0 Å². The third-order valence-corrected chi connectivity index (χ3v) is 2.80. The number of ether oxygens (including phenoxy) is 2. The number of halogens is 2. The van der Waals surface area contributed by atoms with E-state index in [2.05, 4.69) is 5.32 Å². The Morgan fingerprint density at radius 3 is 2.21 bits per heavy atom. The van der Waals surface area contributed by atoms with Crippen LogP contribution in [0.5, 0.6) is 0 Å². The van der Waals surface area contributed by atoms with Crippen LogP contribution < -0.4 is 5.32 Å². The molecule has 0 aliphatic rings. The van der Waals surface area contributed by atoms with Crippen LogP contribution in [0.2, 0.25) is 0 Å². The van der Waals surface area contributed by atoms with Gasteiger partial charge in [0.1, 0.15) is 0 Å². The van der Waals surface area contributed by atoms with Crippen LogP contribution in [0.1, 0.15) is 19.4 Å². The number of benzene rings is 1. The lowest BCUT2D eigenvalue weighted by Gasteiger charge is -2.26. The van der Waals surface area contributed by atoms with Gasteiger partial charge in [0.2, 0.25) is 0 Å². The lowest BCUT2D eigenvalue weighted by molar-refractivity contribution is -0.152. The van der Waals surface area contributed by atoms with Gasteiger partial charge in [-0.05, 0) is 45.0 Å². The first kappa shape index (κ1) is 16.0. The summed E-state index contributed by atoms with van der Waals surface area (Å²) in [5.41, 5.74) is 0.697. The van der Waals surface area contributed by atoms with Gasteiger partial charge in [0, 0.05) is 13.2 Å². The Hall–Kier alpha value is -1.04. The molecule has 0 amide bonds. The largest absolute Gasteiger partial charge is 0.351 e. The van der Waals surface area contributed by atoms with Crippen molar-refractivity contribution < 1.29 is 18.3 Å². The summed E-state index contributed by atoms with van der Waals surface area (Å²) in [7, 11) is 1.79. The molecule has 0 heterocycles. The van der Waals surface area contributed by atoms with Crippen molar-refractivity contribution in [3.63, 3.8) is 0 Å². The monoisotopic (exact) mass is 273 g/mol. The number of likely N-dealkylation sites (N-methyl/N-ethyl adjacent to an activating group) is 1. The average Bonchev–Trinajstić information content (AvgIpc) is 2.40. The van der Waals surface area contributed by atoms with Gasteiger partial charge in [0.05, 0.1) is 6.04 Å². The molecular formula is C14H21F2NO2. The summed E-state index contributed by atoms with van der Waals surface area (Å²) >= 11 is 0. The van der Waals surface area contributed by atoms with E-state index in [1.54, 1.807) is 13.1 Å². The predicted octanol–water partition coefficient (Wildman–Crippen LogP) is 2.49. The molecule has 1 rings (SSSR count). The quantitative estimate of drug-likeness (QED) is 0.738. The molecule has 0 saturated carbocycles. The SMILES string of the molecule is CCOC(OCC)C(Cc1ccc(F)c(F)c1)NC. The summed E-state index contributed by atoms with van der Waals surface area (Å²) in [6, 6.07) is 3.78. The highest BCUT2D eigenvalue weighted by Gasteiger charge is 2.21. The van der Waals surface area contributed by atoms with Crippen molar-refractivity contribution in [2.24, 2.45) is 0 Å². The van der Waals surface area contributed by atoms with Crippen molar-refractivity contribution in [3.8, 4) is 0 Å². The van der Waals surface area contributed by atoms with E-state index in [0.29, 0.717) is 25.2 Å². The molecule has 1 aromatic carbocycles. The zero-order valence-electron chi connectivity index (χ0n) is 11.6. The van der Waals surface area contributed by atoms with Crippen molar-refractivity contribution in [3.05, 3.63) is 35.4 Å². The van der Waals surface area contributed by atoms with E-state index >= 15 is 0 Å². The van der Waals surface area contributed by atoms with Crippen LogP contribution in [-0.4, -0.2) is 32.6 Å². The van der Waals surface area contributed by atoms with Crippen molar-refractivity contribution >= 4 is 0 Å². The molecule has 0 bridgehead atoms. The first-order chi connectivity index (χ1) is 9.12. The highest BCUT2D eigenvalue weighted by atomic mass is 19.2. The van der Waals surface area contributed by atoms with Crippen LogP contribution in [0.4, 0.5) is 8.78 Å². The molecule has 3 nitrogen and oxygen atoms in total. The molecule has 0 aliphatic carbocycles. The zero-order valence-corrected chi connectivity index (χ0v) is 11.6. The summed E-state index contributed by atoms with van der Waals surface area (Å²) in [6.07, 6.45) is 0.0892. The highest BCUT2D eigenvalue weighted by molar-refractivity contribution is 5.19. The highest BCUT2D eigenvalue weighted by Crippen LogP contribution is 2.13. The fourth-order valence-corrected chi connectivity index (χ4v) is 1.86. The van der Waals surface area contributed by atoms with E-state index in [0.717, 1.165) is 6.07 Å². The standard InChI is InChI=1S/C14H21F2NO2/c1-4-18-14(19-5-2)13(17-3)9-10-6-7-11(15)12(16)8-10/h6-8,13-14,17H,4-5,9H2,1-3H3. The van der Waals surface area contributed by atoms with Crippen molar-refractivity contribution in [1.82, 2.24) is 5.32 Å². The minimum absolute atomic E-state index is 0.121. The molecule has 0 fully saturated rings. The maximum absolute atomic E-state index is 13.2. The second kappa shape index (κ2) is 8.19. The van der Waals surface area contributed by atoms with Gasteiger partial charge in [0.15, 0.2) is 17.9 Å². The van der Waals surface area contributed by atoms with Crippen LogP contribution in [-0.2, 0) is 15.9 Å². The van der Waals surface area contributed by atoms with E-state index in [1.165, 1.54) is 6.07 Å². The topological polar surface area (TPSA) is 30.5 Å². The van der Waals surface area contributed by atoms with Crippen molar-refractivity contribution in [1.29, 1.82) is 0 Å². The minimum atomic E-state index is -0.837. The molecule has 19 heavy (non-hydrogen) atoms. The fraction of sp³-hybridized carbons (Fsp3) is 0.571. The lowest BCUT2D eigenvalue weighted by atomic mass is 10.1. The Kier molecular flexibility index (Phi) is 6.91. The first-order valence-corrected chi connectivity index (χ1v) is 6.46. The third kappa shape index (κ3) is 4.86. The average molecular weight is 273 g/mol. The van der Waals surface area contributed by atoms with Crippen molar-refractivity contribution in [2.75, 3.05) is 20.3 Å². The maximum atomic E-state index is 13.2. The van der Waals surface area contributed by atoms with Gasteiger partial charge in [-0.1, -0.05) is 6.07 Å². The van der Waals surface area contributed by atoms with Gasteiger partial charge < -0.3 is 14.8 Å². The van der Waals surface area contributed by atoms with Gasteiger partial charge in [0.25, 0.3) is 0 Å². The molecule has 1 atom stereocenters. The van der Waals surface area contributed by atoms with Crippen LogP contribution in [0.25, 0.3) is 0 Å². The van der Waals surface area contributed by atoms with Gasteiger partial charge in [-0.15, -0.1) is 0 Å². The fourth-order valence-electron chi connectivity index (χ4n) is 1.86. The van der Waals surface area contributed by atoms with E-state index in [4.69, 9.17) is 9.47 Å². The Morgan fingerprint density at radius 1 is 1.11 bits per heavy atom. The molecule has 0 aromatic heterocycles. The Balaban J connectivity index is 2.75. The Bertz CT molecular complexity index is 382. The molecule has 0 saturated heterocycles. The second-order valence-corrected chi connectivity index (χ2v) is 4.13. The van der Waals surface area contributed by atoms with Crippen LogP contribution in [0.3, 0.4) is 0 Å². The predicted molar refractivity (Wildman–Crippen MR) is 69.9 cm³/mol. The molecule has 1 N–H and O–H groups in total. The molecule has 108 valence electrons. The van der Waals surface area contributed by atoms with Crippen LogP contribution in [0, 0.1) is 11.6 Å². The molecule has 1 unspecified atom stereocenters. The second-order valence-electron chi connectivity index (χ2n) is 4.13.